The van der Waals surface area contributed by atoms with E-state index in [1.54, 1.807) is 6.92 Å². The van der Waals surface area contributed by atoms with Gasteiger partial charge >= 0.3 is 5.97 Å². The molecular weight excluding hydrogens is 240 g/mol. The Bertz CT molecular complexity index is 487. The van der Waals surface area contributed by atoms with E-state index in [9.17, 15) is 10.1 Å². The highest BCUT2D eigenvalue weighted by Gasteiger charge is 2.46. The van der Waals surface area contributed by atoms with Gasteiger partial charge < -0.3 is 10.1 Å². The fourth-order valence-electron chi connectivity index (χ4n) is 2.65. The molecule has 1 aliphatic carbocycles. The smallest absolute Gasteiger partial charge is 0.322 e. The van der Waals surface area contributed by atoms with Crippen LogP contribution in [0.3, 0.4) is 0 Å². The van der Waals surface area contributed by atoms with Crippen LogP contribution in [-0.2, 0) is 14.9 Å². The summed E-state index contributed by atoms with van der Waals surface area (Å²) in [7, 11) is 1.38. The highest BCUT2D eigenvalue weighted by molar-refractivity contribution is 5.75. The van der Waals surface area contributed by atoms with E-state index in [-0.39, 0.29) is 18.1 Å². The van der Waals surface area contributed by atoms with Crippen molar-refractivity contribution >= 4 is 5.97 Å². The first-order valence-corrected chi connectivity index (χ1v) is 6.42. The highest BCUT2D eigenvalue weighted by Crippen LogP contribution is 2.43. The molecule has 0 radical (unpaired) electrons. The molecule has 1 aliphatic rings. The summed E-state index contributed by atoms with van der Waals surface area (Å²) >= 11 is 0. The number of esters is 1. The molecule has 2 rings (SSSR count). The maximum Gasteiger partial charge on any atom is 0.322 e. The molecule has 4 heteroatoms. The largest absolute Gasteiger partial charge is 0.468 e. The highest BCUT2D eigenvalue weighted by atomic mass is 16.5. The van der Waals surface area contributed by atoms with E-state index in [2.05, 4.69) is 16.1 Å². The number of carbonyl (C=O) groups excluding carboxylic acids is 1. The van der Waals surface area contributed by atoms with Gasteiger partial charge in [0.15, 0.2) is 0 Å². The van der Waals surface area contributed by atoms with Crippen molar-refractivity contribution in [3.05, 3.63) is 35.9 Å². The number of hydrogen-bond acceptors (Lipinski definition) is 4. The minimum absolute atomic E-state index is 0.189. The van der Waals surface area contributed by atoms with E-state index >= 15 is 0 Å². The van der Waals surface area contributed by atoms with E-state index in [1.165, 1.54) is 7.11 Å². The van der Waals surface area contributed by atoms with Crippen molar-refractivity contribution in [2.75, 3.05) is 7.11 Å². The van der Waals surface area contributed by atoms with Crippen LogP contribution in [0.2, 0.25) is 0 Å². The van der Waals surface area contributed by atoms with Gasteiger partial charge in [-0.15, -0.1) is 0 Å². The standard InChI is InChI=1S/C15H18N2O2/c1-11(14(18)19-2)17-13-8-15(9-13,10-16)12-6-4-3-5-7-12/h3-7,11,13,17H,8-9H2,1-2H3. The van der Waals surface area contributed by atoms with Gasteiger partial charge in [-0.25, -0.2) is 0 Å². The Morgan fingerprint density at radius 2 is 2.11 bits per heavy atom. The zero-order valence-electron chi connectivity index (χ0n) is 11.2. The number of methoxy groups -OCH3 is 1. The average molecular weight is 258 g/mol. The Labute approximate surface area is 113 Å². The number of nitrogens with one attached hydrogen (secondary N) is 1. The molecule has 4 nitrogen and oxygen atoms in total. The molecule has 1 aromatic rings. The molecule has 1 unspecified atom stereocenters. The normalized spacial score (nSPS) is 26.9. The Morgan fingerprint density at radius 1 is 1.47 bits per heavy atom. The van der Waals surface area contributed by atoms with E-state index in [0.717, 1.165) is 18.4 Å². The second kappa shape index (κ2) is 5.41. The quantitative estimate of drug-likeness (QED) is 0.836. The predicted octanol–water partition coefficient (Wildman–Crippen LogP) is 1.76. The number of carbonyl (C=O) groups is 1. The number of rotatable bonds is 4. The monoisotopic (exact) mass is 258 g/mol. The van der Waals surface area contributed by atoms with E-state index in [1.807, 2.05) is 30.3 Å². The van der Waals surface area contributed by atoms with Crippen LogP contribution in [0.15, 0.2) is 30.3 Å². The summed E-state index contributed by atoms with van der Waals surface area (Å²) in [5, 5.41) is 12.6. The van der Waals surface area contributed by atoms with Gasteiger partial charge in [0.1, 0.15) is 6.04 Å². The van der Waals surface area contributed by atoms with Crippen LogP contribution < -0.4 is 5.32 Å². The number of nitriles is 1. The summed E-state index contributed by atoms with van der Waals surface area (Å²) in [6.45, 7) is 1.78. The lowest BCUT2D eigenvalue weighted by Gasteiger charge is -2.44. The summed E-state index contributed by atoms with van der Waals surface area (Å²) in [6, 6.07) is 12.1. The lowest BCUT2D eigenvalue weighted by molar-refractivity contribution is -0.143. The molecule has 1 fully saturated rings. The molecular formula is C15H18N2O2. The van der Waals surface area contributed by atoms with E-state index < -0.39 is 5.41 Å². The first-order chi connectivity index (χ1) is 9.11. The number of hydrogen-bond donors (Lipinski definition) is 1. The third kappa shape index (κ3) is 2.61. The number of benzene rings is 1. The Hall–Kier alpha value is -1.86. The minimum atomic E-state index is -0.408. The zero-order valence-corrected chi connectivity index (χ0v) is 11.2. The van der Waals surface area contributed by atoms with Gasteiger partial charge in [-0.3, -0.25) is 4.79 Å². The third-order valence-electron chi connectivity index (χ3n) is 3.77. The number of ether oxygens (including phenoxy) is 1. The first-order valence-electron chi connectivity index (χ1n) is 6.42. The van der Waals surface area contributed by atoms with Gasteiger partial charge in [0.2, 0.25) is 0 Å². The van der Waals surface area contributed by atoms with Gasteiger partial charge in [-0.1, -0.05) is 30.3 Å². The van der Waals surface area contributed by atoms with Gasteiger partial charge in [-0.2, -0.15) is 5.26 Å². The van der Waals surface area contributed by atoms with Crippen LogP contribution in [0.1, 0.15) is 25.3 Å². The first kappa shape index (κ1) is 13.6. The maximum absolute atomic E-state index is 11.3. The van der Waals surface area contributed by atoms with Gasteiger partial charge in [0.05, 0.1) is 18.6 Å². The fraction of sp³-hybridized carbons (Fsp3) is 0.467. The minimum Gasteiger partial charge on any atom is -0.468 e. The molecule has 0 aromatic heterocycles. The SMILES string of the molecule is COC(=O)C(C)NC1CC(C#N)(c2ccccc2)C1. The van der Waals surface area contributed by atoms with Crippen LogP contribution in [0.25, 0.3) is 0 Å². The molecule has 1 atom stereocenters. The van der Waals surface area contributed by atoms with Crippen LogP contribution in [0.5, 0.6) is 0 Å². The Balaban J connectivity index is 1.97. The summed E-state index contributed by atoms with van der Waals surface area (Å²) in [5.74, 6) is -0.269. The second-order valence-electron chi connectivity index (χ2n) is 5.08. The van der Waals surface area contributed by atoms with Crippen LogP contribution in [0, 0.1) is 11.3 Å². The van der Waals surface area contributed by atoms with Crippen molar-refractivity contribution in [3.8, 4) is 6.07 Å². The lowest BCUT2D eigenvalue weighted by atomic mass is 9.62. The van der Waals surface area contributed by atoms with Crippen molar-refractivity contribution in [1.29, 1.82) is 5.26 Å². The lowest BCUT2D eigenvalue weighted by Crippen LogP contribution is -2.54. The zero-order chi connectivity index (χ0) is 13.9. The molecule has 100 valence electrons. The van der Waals surface area contributed by atoms with Crippen LogP contribution in [0.4, 0.5) is 0 Å². The van der Waals surface area contributed by atoms with Crippen LogP contribution in [-0.4, -0.2) is 25.2 Å². The molecule has 19 heavy (non-hydrogen) atoms. The number of nitrogens with zero attached hydrogens (tertiary/aromatic N) is 1. The van der Waals surface area contributed by atoms with Gasteiger partial charge in [0.25, 0.3) is 0 Å². The summed E-state index contributed by atoms with van der Waals surface area (Å²) < 4.78 is 4.68. The van der Waals surface area contributed by atoms with Crippen molar-refractivity contribution in [1.82, 2.24) is 5.32 Å². The molecule has 0 bridgehead atoms. The van der Waals surface area contributed by atoms with Gasteiger partial charge in [0, 0.05) is 6.04 Å². The third-order valence-corrected chi connectivity index (χ3v) is 3.77. The molecule has 0 spiro atoms. The molecule has 0 aliphatic heterocycles. The predicted molar refractivity (Wildman–Crippen MR) is 71.4 cm³/mol. The summed E-state index contributed by atoms with van der Waals surface area (Å²) in [4.78, 5) is 11.3. The molecule has 0 saturated heterocycles. The average Bonchev–Trinajstić information content (AvgIpc) is 2.42. The fourth-order valence-corrected chi connectivity index (χ4v) is 2.65. The maximum atomic E-state index is 11.3. The molecule has 0 heterocycles. The van der Waals surface area contributed by atoms with E-state index in [0.29, 0.717) is 0 Å². The Kier molecular flexibility index (Phi) is 3.87. The van der Waals surface area contributed by atoms with E-state index in [4.69, 9.17) is 0 Å². The second-order valence-corrected chi connectivity index (χ2v) is 5.08. The van der Waals surface area contributed by atoms with Crippen LogP contribution >= 0.6 is 0 Å². The summed E-state index contributed by atoms with van der Waals surface area (Å²) in [5.41, 5.74) is 0.649. The van der Waals surface area contributed by atoms with Gasteiger partial charge in [-0.05, 0) is 25.3 Å². The van der Waals surface area contributed by atoms with Crippen molar-refractivity contribution in [3.63, 3.8) is 0 Å². The molecule has 1 saturated carbocycles. The molecule has 0 amide bonds. The topological polar surface area (TPSA) is 62.1 Å². The molecule has 1 N–H and O–H groups in total. The van der Waals surface area contributed by atoms with Crippen molar-refractivity contribution in [2.45, 2.75) is 37.3 Å². The van der Waals surface area contributed by atoms with Crippen molar-refractivity contribution < 1.29 is 9.53 Å². The van der Waals surface area contributed by atoms with Crippen molar-refractivity contribution in [2.24, 2.45) is 0 Å². The summed E-state index contributed by atoms with van der Waals surface area (Å²) in [6.07, 6.45) is 1.46. The Morgan fingerprint density at radius 3 is 2.63 bits per heavy atom. The molecule has 1 aromatic carbocycles.